The van der Waals surface area contributed by atoms with Gasteiger partial charge in [-0.05, 0) is 0 Å². The Bertz CT molecular complexity index is 95.1. The Labute approximate surface area is 45.7 Å². The maximum atomic E-state index is 2.33. The van der Waals surface area contributed by atoms with Crippen LogP contribution in [0.3, 0.4) is 0 Å². The second kappa shape index (κ2) is 1.13. The highest BCUT2D eigenvalue weighted by Crippen LogP contribution is 2.18. The number of nitrogens with zero attached hydrogens (tertiary/aromatic N) is 1. The Morgan fingerprint density at radius 1 is 1.14 bits per heavy atom. The van der Waals surface area contributed by atoms with Crippen molar-refractivity contribution in [2.24, 2.45) is 0 Å². The lowest BCUT2D eigenvalue weighted by atomic mass is 11.3. The molecule has 7 heavy (non-hydrogen) atoms. The zero-order valence-electron chi connectivity index (χ0n) is 5.10. The van der Waals surface area contributed by atoms with E-state index in [4.69, 9.17) is 0 Å². The lowest BCUT2D eigenvalue weighted by Crippen LogP contribution is -2.31. The molecule has 0 fully saturated rings. The molecule has 0 unspecified atom stereocenters. The highest BCUT2D eigenvalue weighted by atomic mass is 28.3. The third-order valence-corrected chi connectivity index (χ3v) is 2.92. The average Bonchev–Trinajstić information content (AvgIpc) is 1.99. The van der Waals surface area contributed by atoms with Crippen molar-refractivity contribution in [2.45, 2.75) is 19.6 Å². The third-order valence-electron chi connectivity index (χ3n) is 1.07. The molecule has 1 aliphatic heterocycles. The normalized spacial score (nSPS) is 17.9. The number of hydrogen-bond acceptors (Lipinski definition) is 1. The van der Waals surface area contributed by atoms with Crippen LogP contribution in [0.15, 0.2) is 12.4 Å². The summed E-state index contributed by atoms with van der Waals surface area (Å²) in [5, 5.41) is 0. The fourth-order valence-electron chi connectivity index (χ4n) is 0.481. The molecule has 1 nitrogen and oxygen atoms in total. The van der Waals surface area contributed by atoms with Crippen molar-refractivity contribution >= 4 is 8.24 Å². The van der Waals surface area contributed by atoms with Crippen LogP contribution < -0.4 is 0 Å². The lowest BCUT2D eigenvalue weighted by molar-refractivity contribution is 0.917. The van der Waals surface area contributed by atoms with Crippen LogP contribution in [0.5, 0.6) is 0 Å². The van der Waals surface area contributed by atoms with Crippen LogP contribution in [-0.4, -0.2) is 12.8 Å². The van der Waals surface area contributed by atoms with Crippen molar-refractivity contribution < 1.29 is 0 Å². The first kappa shape index (κ1) is 4.90. The van der Waals surface area contributed by atoms with Crippen molar-refractivity contribution in [2.75, 3.05) is 0 Å². The molecule has 1 aliphatic rings. The first-order chi connectivity index (χ1) is 3.11. The molecule has 0 saturated heterocycles. The van der Waals surface area contributed by atoms with Crippen molar-refractivity contribution in [3.63, 3.8) is 0 Å². The summed E-state index contributed by atoms with van der Waals surface area (Å²) in [6, 6.07) is 0. The van der Waals surface area contributed by atoms with Crippen LogP contribution in [0.4, 0.5) is 0 Å². The van der Waals surface area contributed by atoms with E-state index < -0.39 is 8.24 Å². The molecular formula is C5H11NSi. The van der Waals surface area contributed by atoms with E-state index >= 15 is 0 Å². The van der Waals surface area contributed by atoms with Crippen molar-refractivity contribution in [3.05, 3.63) is 12.4 Å². The molecule has 1 rings (SSSR count). The van der Waals surface area contributed by atoms with Gasteiger partial charge in [-0.3, -0.25) is 0 Å². The van der Waals surface area contributed by atoms with E-state index in [2.05, 4.69) is 36.6 Å². The van der Waals surface area contributed by atoms with Crippen molar-refractivity contribution in [1.29, 1.82) is 0 Å². The molecule has 0 aromatic rings. The van der Waals surface area contributed by atoms with Gasteiger partial charge in [-0.15, -0.1) is 0 Å². The lowest BCUT2D eigenvalue weighted by Gasteiger charge is -2.17. The van der Waals surface area contributed by atoms with Crippen LogP contribution in [-0.2, 0) is 0 Å². The van der Waals surface area contributed by atoms with Gasteiger partial charge in [0.05, 0.1) is 0 Å². The smallest absolute Gasteiger partial charge is 0.152 e. The fourth-order valence-corrected chi connectivity index (χ4v) is 1.44. The first-order valence-electron chi connectivity index (χ1n) is 2.57. The summed E-state index contributed by atoms with van der Waals surface area (Å²) < 4.78 is 2.33. The van der Waals surface area contributed by atoms with Gasteiger partial charge in [-0.25, -0.2) is 0 Å². The average molecular weight is 113 g/mol. The zero-order chi connectivity index (χ0) is 5.49. The van der Waals surface area contributed by atoms with E-state index in [-0.39, 0.29) is 0 Å². The Hall–Kier alpha value is -0.243. The van der Waals surface area contributed by atoms with Gasteiger partial charge < -0.3 is 4.57 Å². The van der Waals surface area contributed by atoms with Gasteiger partial charge in [0.25, 0.3) is 0 Å². The van der Waals surface area contributed by atoms with E-state index in [9.17, 15) is 0 Å². The summed E-state index contributed by atoms with van der Waals surface area (Å²) in [6.45, 7) is 6.98. The minimum atomic E-state index is -0.901. The quantitative estimate of drug-likeness (QED) is 0.467. The minimum Gasteiger partial charge on any atom is -0.379 e. The molecule has 0 radical (unpaired) electrons. The largest absolute Gasteiger partial charge is 0.379 e. The van der Waals surface area contributed by atoms with E-state index in [0.717, 1.165) is 0 Å². The maximum Gasteiger partial charge on any atom is 0.152 e. The molecule has 0 aromatic carbocycles. The molecule has 0 bridgehead atoms. The van der Waals surface area contributed by atoms with E-state index in [1.165, 1.54) is 0 Å². The highest BCUT2D eigenvalue weighted by molar-refractivity contribution is 6.74. The van der Waals surface area contributed by atoms with Crippen LogP contribution >= 0.6 is 0 Å². The van der Waals surface area contributed by atoms with Gasteiger partial charge in [0.2, 0.25) is 0 Å². The van der Waals surface area contributed by atoms with Crippen molar-refractivity contribution in [3.8, 4) is 0 Å². The predicted octanol–water partition coefficient (Wildman–Crippen LogP) is 1.61. The summed E-state index contributed by atoms with van der Waals surface area (Å²) in [5.41, 5.74) is 0. The summed E-state index contributed by atoms with van der Waals surface area (Å²) >= 11 is 0. The zero-order valence-corrected chi connectivity index (χ0v) is 6.10. The second-order valence-electron chi connectivity index (χ2n) is 2.88. The summed E-state index contributed by atoms with van der Waals surface area (Å²) in [7, 11) is -0.901. The standard InChI is InChI=1S/C5H11NSi/c1-7(2,3)6-4-5-6/h4-5H,1-3H3. The van der Waals surface area contributed by atoms with Crippen LogP contribution in [0, 0.1) is 0 Å². The van der Waals surface area contributed by atoms with E-state index in [0.29, 0.717) is 0 Å². The Morgan fingerprint density at radius 2 is 1.57 bits per heavy atom. The molecule has 40 valence electrons. The van der Waals surface area contributed by atoms with Gasteiger partial charge in [0, 0.05) is 12.4 Å². The Morgan fingerprint density at radius 3 is 1.57 bits per heavy atom. The van der Waals surface area contributed by atoms with Gasteiger partial charge in [-0.1, -0.05) is 19.6 Å². The second-order valence-corrected chi connectivity index (χ2v) is 7.73. The molecule has 1 heterocycles. The SMILES string of the molecule is C[Si](C)(C)N1C=C1. The van der Waals surface area contributed by atoms with Crippen molar-refractivity contribution in [1.82, 2.24) is 4.57 Å². The van der Waals surface area contributed by atoms with Gasteiger partial charge in [0.1, 0.15) is 0 Å². The van der Waals surface area contributed by atoms with Gasteiger partial charge >= 0.3 is 0 Å². The molecule has 0 saturated carbocycles. The topological polar surface area (TPSA) is 3.01 Å². The minimum absolute atomic E-state index is 0.901. The predicted molar refractivity (Wildman–Crippen MR) is 34.3 cm³/mol. The molecule has 0 aromatic heterocycles. The third kappa shape index (κ3) is 1.06. The molecule has 0 atom stereocenters. The molecule has 0 spiro atoms. The maximum absolute atomic E-state index is 2.33. The van der Waals surface area contributed by atoms with E-state index in [1.807, 2.05) is 0 Å². The van der Waals surface area contributed by atoms with Crippen LogP contribution in [0.2, 0.25) is 19.6 Å². The highest BCUT2D eigenvalue weighted by Gasteiger charge is 2.24. The Kier molecular flexibility index (Phi) is 0.789. The monoisotopic (exact) mass is 113 g/mol. The van der Waals surface area contributed by atoms with Crippen LogP contribution in [0.1, 0.15) is 0 Å². The summed E-state index contributed by atoms with van der Waals surface area (Å²) in [4.78, 5) is 0. The van der Waals surface area contributed by atoms with Gasteiger partial charge in [0.15, 0.2) is 8.24 Å². The molecule has 0 amide bonds. The molecule has 2 heteroatoms. The number of rotatable bonds is 1. The summed E-state index contributed by atoms with van der Waals surface area (Å²) in [6.07, 6.45) is 4.29. The fraction of sp³-hybridized carbons (Fsp3) is 0.600. The molecular weight excluding hydrogens is 102 g/mol. The van der Waals surface area contributed by atoms with E-state index in [1.54, 1.807) is 0 Å². The summed E-state index contributed by atoms with van der Waals surface area (Å²) in [5.74, 6) is 0. The van der Waals surface area contributed by atoms with Crippen LogP contribution in [0.25, 0.3) is 0 Å². The number of hydrogen-bond donors (Lipinski definition) is 0. The molecule has 0 N–H and O–H groups in total. The first-order valence-corrected chi connectivity index (χ1v) is 6.02. The molecule has 0 aliphatic carbocycles. The Balaban J connectivity index is 2.38. The van der Waals surface area contributed by atoms with Gasteiger partial charge in [-0.2, -0.15) is 0 Å².